The molecule has 0 spiro atoms. The van der Waals surface area contributed by atoms with Gasteiger partial charge < -0.3 is 5.11 Å². The van der Waals surface area contributed by atoms with E-state index in [-0.39, 0.29) is 18.6 Å². The van der Waals surface area contributed by atoms with E-state index in [0.29, 0.717) is 21.0 Å². The van der Waals surface area contributed by atoms with Gasteiger partial charge in [-0.05, 0) is 43.4 Å². The summed E-state index contributed by atoms with van der Waals surface area (Å²) in [6.45, 7) is 0.0151. The Hall–Kier alpha value is -2.26. The molecule has 3 aromatic heterocycles. The number of nitrogens with zero attached hydrogens (tertiary/aromatic N) is 5. The molecule has 1 aliphatic rings. The predicted octanol–water partition coefficient (Wildman–Crippen LogP) is 4.60. The minimum atomic E-state index is -1.54. The summed E-state index contributed by atoms with van der Waals surface area (Å²) in [6, 6.07) is 4.93. The van der Waals surface area contributed by atoms with Crippen LogP contribution in [-0.4, -0.2) is 29.4 Å². The summed E-state index contributed by atoms with van der Waals surface area (Å²) >= 11 is 14.2. The first-order chi connectivity index (χ1) is 15.9. The average molecular weight is 504 g/mol. The van der Waals surface area contributed by atoms with E-state index in [1.165, 1.54) is 45.9 Å². The third kappa shape index (κ3) is 4.45. The Labute approximate surface area is 204 Å². The van der Waals surface area contributed by atoms with Crippen LogP contribution in [0.25, 0.3) is 10.2 Å². The summed E-state index contributed by atoms with van der Waals surface area (Å²) < 4.78 is 3.00. The fourth-order valence-corrected chi connectivity index (χ4v) is 6.40. The van der Waals surface area contributed by atoms with Crippen molar-refractivity contribution >= 4 is 44.8 Å². The van der Waals surface area contributed by atoms with Crippen LogP contribution in [0.5, 0.6) is 0 Å². The highest BCUT2D eigenvalue weighted by molar-refractivity contribution is 7.18. The van der Waals surface area contributed by atoms with Crippen molar-refractivity contribution in [1.29, 1.82) is 0 Å². The standard InChI is InChI=1S/C23H23Cl2N5O2S/c24-15-7-8-17(18(25)9-15)23(32,11-30-13-26-12-28-30)10-29-14-27-21-20(22(29)31)16-5-3-1-2-4-6-19(16)33-21/h7-9,12-14,32H,1-6,10-11H2. The summed E-state index contributed by atoms with van der Waals surface area (Å²) in [5, 5.41) is 17.4. The lowest BCUT2D eigenvalue weighted by Gasteiger charge is -2.30. The molecule has 7 nitrogen and oxygen atoms in total. The maximum absolute atomic E-state index is 13.6. The van der Waals surface area contributed by atoms with Crippen LogP contribution in [0.4, 0.5) is 0 Å². The zero-order chi connectivity index (χ0) is 23.0. The van der Waals surface area contributed by atoms with E-state index in [1.54, 1.807) is 29.5 Å². The van der Waals surface area contributed by atoms with E-state index >= 15 is 0 Å². The molecular formula is C23H23Cl2N5O2S. The Kier molecular flexibility index (Phi) is 6.26. The van der Waals surface area contributed by atoms with Crippen LogP contribution in [0.2, 0.25) is 10.0 Å². The minimum Gasteiger partial charge on any atom is -0.381 e. The number of thiophene rings is 1. The molecule has 0 saturated carbocycles. The Bertz CT molecular complexity index is 1350. The second kappa shape index (κ2) is 9.18. The topological polar surface area (TPSA) is 85.8 Å². The molecule has 0 amide bonds. The summed E-state index contributed by atoms with van der Waals surface area (Å²) in [7, 11) is 0. The molecule has 3 heterocycles. The van der Waals surface area contributed by atoms with Crippen molar-refractivity contribution in [3.05, 3.63) is 73.6 Å². The van der Waals surface area contributed by atoms with E-state index in [0.717, 1.165) is 36.1 Å². The van der Waals surface area contributed by atoms with Crippen molar-refractivity contribution in [3.8, 4) is 0 Å². The second-order valence-corrected chi connectivity index (χ2v) is 10.5. The first-order valence-electron chi connectivity index (χ1n) is 10.9. The molecule has 1 aliphatic carbocycles. The van der Waals surface area contributed by atoms with Crippen LogP contribution in [0, 0.1) is 0 Å². The van der Waals surface area contributed by atoms with Gasteiger partial charge in [-0.3, -0.25) is 9.36 Å². The molecule has 0 radical (unpaired) electrons. The van der Waals surface area contributed by atoms with Crippen LogP contribution < -0.4 is 5.56 Å². The van der Waals surface area contributed by atoms with Crippen molar-refractivity contribution in [2.75, 3.05) is 0 Å². The lowest BCUT2D eigenvalue weighted by molar-refractivity contribution is -0.00312. The van der Waals surface area contributed by atoms with E-state index in [2.05, 4.69) is 15.1 Å². The molecule has 10 heteroatoms. The largest absolute Gasteiger partial charge is 0.381 e. The molecule has 33 heavy (non-hydrogen) atoms. The summed E-state index contributed by atoms with van der Waals surface area (Å²) in [4.78, 5) is 24.2. The van der Waals surface area contributed by atoms with Crippen molar-refractivity contribution in [2.24, 2.45) is 0 Å². The highest BCUT2D eigenvalue weighted by atomic mass is 35.5. The van der Waals surface area contributed by atoms with Gasteiger partial charge in [0.15, 0.2) is 0 Å². The van der Waals surface area contributed by atoms with Crippen molar-refractivity contribution in [2.45, 2.75) is 57.2 Å². The Morgan fingerprint density at radius 2 is 1.91 bits per heavy atom. The van der Waals surface area contributed by atoms with Gasteiger partial charge in [-0.1, -0.05) is 42.1 Å². The maximum Gasteiger partial charge on any atom is 0.262 e. The normalized spacial score (nSPS) is 16.2. The molecule has 0 aliphatic heterocycles. The van der Waals surface area contributed by atoms with Crippen LogP contribution >= 0.6 is 34.5 Å². The Morgan fingerprint density at radius 3 is 2.67 bits per heavy atom. The van der Waals surface area contributed by atoms with E-state index in [1.807, 2.05) is 0 Å². The fraction of sp³-hybridized carbons (Fsp3) is 0.391. The third-order valence-electron chi connectivity index (χ3n) is 6.20. The molecule has 0 saturated heterocycles. The molecule has 1 unspecified atom stereocenters. The molecular weight excluding hydrogens is 481 g/mol. The van der Waals surface area contributed by atoms with Gasteiger partial charge in [0.05, 0.1) is 24.8 Å². The zero-order valence-electron chi connectivity index (χ0n) is 17.9. The SMILES string of the molecule is O=c1c2c3c(sc2ncn1CC(O)(Cn1cncn1)c1ccc(Cl)cc1Cl)CCCCCC3. The van der Waals surface area contributed by atoms with E-state index in [4.69, 9.17) is 23.2 Å². The van der Waals surface area contributed by atoms with Crippen LogP contribution in [0.1, 0.15) is 41.7 Å². The lowest BCUT2D eigenvalue weighted by atomic mass is 9.93. The summed E-state index contributed by atoms with van der Waals surface area (Å²) in [5.74, 6) is 0. The van der Waals surface area contributed by atoms with Gasteiger partial charge in [0.25, 0.3) is 5.56 Å². The number of aliphatic hydroxyl groups is 1. The number of halogens is 2. The van der Waals surface area contributed by atoms with Gasteiger partial charge >= 0.3 is 0 Å². The molecule has 172 valence electrons. The smallest absolute Gasteiger partial charge is 0.262 e. The maximum atomic E-state index is 13.6. The Morgan fingerprint density at radius 1 is 1.09 bits per heavy atom. The number of benzene rings is 1. The van der Waals surface area contributed by atoms with Gasteiger partial charge in [0, 0.05) is 20.5 Å². The molecule has 5 rings (SSSR count). The van der Waals surface area contributed by atoms with E-state index in [9.17, 15) is 9.90 Å². The Balaban J connectivity index is 1.60. The summed E-state index contributed by atoms with van der Waals surface area (Å²) in [6.07, 6.45) is 10.9. The number of aromatic nitrogens is 5. The molecule has 1 atom stereocenters. The van der Waals surface area contributed by atoms with Gasteiger partial charge in [0.2, 0.25) is 0 Å². The molecule has 4 aromatic rings. The number of fused-ring (bicyclic) bond motifs is 3. The first kappa shape index (κ1) is 22.5. The minimum absolute atomic E-state index is 0.0411. The van der Waals surface area contributed by atoms with Crippen molar-refractivity contribution < 1.29 is 5.11 Å². The highest BCUT2D eigenvalue weighted by Crippen LogP contribution is 2.35. The molecule has 1 N–H and O–H groups in total. The quantitative estimate of drug-likeness (QED) is 0.429. The molecule has 0 bridgehead atoms. The summed E-state index contributed by atoms with van der Waals surface area (Å²) in [5.41, 5.74) is -0.0956. The highest BCUT2D eigenvalue weighted by Gasteiger charge is 2.34. The lowest BCUT2D eigenvalue weighted by Crippen LogP contribution is -2.40. The van der Waals surface area contributed by atoms with E-state index < -0.39 is 5.60 Å². The molecule has 0 fully saturated rings. The third-order valence-corrected chi connectivity index (χ3v) is 7.94. The zero-order valence-corrected chi connectivity index (χ0v) is 20.2. The van der Waals surface area contributed by atoms with Gasteiger partial charge in [-0.15, -0.1) is 11.3 Å². The molecule has 1 aromatic carbocycles. The number of aryl methyl sites for hydroxylation is 2. The van der Waals surface area contributed by atoms with Crippen molar-refractivity contribution in [1.82, 2.24) is 24.3 Å². The average Bonchev–Trinajstić information content (AvgIpc) is 3.37. The number of hydrogen-bond acceptors (Lipinski definition) is 6. The number of hydrogen-bond donors (Lipinski definition) is 1. The fourth-order valence-electron chi connectivity index (χ4n) is 4.60. The van der Waals surface area contributed by atoms with Gasteiger partial charge in [0.1, 0.15) is 23.1 Å². The van der Waals surface area contributed by atoms with Crippen LogP contribution in [-0.2, 0) is 31.5 Å². The monoisotopic (exact) mass is 503 g/mol. The second-order valence-electron chi connectivity index (χ2n) is 8.52. The first-order valence-corrected chi connectivity index (χ1v) is 12.5. The van der Waals surface area contributed by atoms with Crippen molar-refractivity contribution in [3.63, 3.8) is 0 Å². The number of rotatable bonds is 5. The van der Waals surface area contributed by atoms with Crippen LogP contribution in [0.3, 0.4) is 0 Å². The van der Waals surface area contributed by atoms with Crippen LogP contribution in [0.15, 0.2) is 42.0 Å². The van der Waals surface area contributed by atoms with Gasteiger partial charge in [-0.2, -0.15) is 5.10 Å². The predicted molar refractivity (Wildman–Crippen MR) is 130 cm³/mol. The van der Waals surface area contributed by atoms with Gasteiger partial charge in [-0.25, -0.2) is 14.6 Å².